The summed E-state index contributed by atoms with van der Waals surface area (Å²) in [5, 5.41) is 25.6. The maximum Gasteiger partial charge on any atom is 0.0625 e. The molecule has 4 aliphatic rings. The van der Waals surface area contributed by atoms with Gasteiger partial charge in [-0.3, -0.25) is 0 Å². The molecule has 3 nitrogen and oxygen atoms in total. The third-order valence-electron chi connectivity index (χ3n) is 11.8. The Labute approximate surface area is 229 Å². The van der Waals surface area contributed by atoms with Gasteiger partial charge in [0, 0.05) is 6.54 Å². The molecule has 37 heavy (non-hydrogen) atoms. The monoisotopic (exact) mass is 515 g/mol. The molecule has 0 radical (unpaired) electrons. The number of rotatable bonds is 14. The first-order valence-corrected chi connectivity index (χ1v) is 16.5. The van der Waals surface area contributed by atoms with Gasteiger partial charge in [-0.25, -0.2) is 0 Å². The lowest BCUT2D eigenvalue weighted by atomic mass is 9.46. The normalized spacial score (nSPS) is 37.6. The highest BCUT2D eigenvalue weighted by atomic mass is 16.3. The van der Waals surface area contributed by atoms with E-state index in [2.05, 4.69) is 39.1 Å². The Morgan fingerprint density at radius 1 is 0.892 bits per heavy atom. The maximum absolute atomic E-state index is 11.3. The van der Waals surface area contributed by atoms with E-state index in [4.69, 9.17) is 0 Å². The Morgan fingerprint density at radius 2 is 1.57 bits per heavy atom. The summed E-state index contributed by atoms with van der Waals surface area (Å²) in [5.74, 6) is 2.65. The molecule has 0 amide bonds. The third kappa shape index (κ3) is 6.51. The third-order valence-corrected chi connectivity index (χ3v) is 11.8. The molecule has 0 spiro atoms. The first kappa shape index (κ1) is 29.6. The van der Waals surface area contributed by atoms with Crippen LogP contribution in [0, 0.1) is 34.5 Å². The van der Waals surface area contributed by atoms with Gasteiger partial charge in [-0.2, -0.15) is 0 Å². The molecule has 3 N–H and O–H groups in total. The number of allylic oxidation sites excluding steroid dienone is 1. The number of fused-ring (bicyclic) bond motifs is 5. The van der Waals surface area contributed by atoms with Gasteiger partial charge in [0.25, 0.3) is 0 Å². The Balaban J connectivity index is 1.31. The summed E-state index contributed by atoms with van der Waals surface area (Å²) in [4.78, 5) is 0. The molecule has 4 rings (SSSR count). The second-order valence-electron chi connectivity index (χ2n) is 14.6. The highest BCUT2D eigenvalue weighted by Crippen LogP contribution is 2.67. The first-order chi connectivity index (χ1) is 17.7. The predicted octanol–water partition coefficient (Wildman–Crippen LogP) is 8.19. The molecule has 0 saturated heterocycles. The molecule has 0 unspecified atom stereocenters. The Kier molecular flexibility index (Phi) is 10.3. The minimum atomic E-state index is -0.602. The SMILES string of the molecule is CCCCCCCCCCCCNC[C@]12CC[C@H]3[C@@H](CC=C4C[C@@H](O)CC[C@@]43C)[C@@H]1CC[C@@H]2C(C)(C)O. The summed E-state index contributed by atoms with van der Waals surface area (Å²) in [5.41, 5.74) is 1.50. The van der Waals surface area contributed by atoms with E-state index in [1.54, 1.807) is 5.57 Å². The lowest BCUT2D eigenvalue weighted by Gasteiger charge is -2.59. The number of unbranched alkanes of at least 4 members (excludes halogenated alkanes) is 9. The number of aliphatic hydroxyl groups excluding tert-OH is 1. The van der Waals surface area contributed by atoms with E-state index in [1.807, 2.05) is 0 Å². The van der Waals surface area contributed by atoms with Crippen LogP contribution in [0.4, 0.5) is 0 Å². The zero-order valence-electron chi connectivity index (χ0n) is 25.0. The Bertz CT molecular complexity index is 741. The van der Waals surface area contributed by atoms with Crippen molar-refractivity contribution in [3.8, 4) is 0 Å². The smallest absolute Gasteiger partial charge is 0.0625 e. The van der Waals surface area contributed by atoms with E-state index in [0.717, 1.165) is 50.1 Å². The summed E-state index contributed by atoms with van der Waals surface area (Å²) in [6, 6.07) is 0. The zero-order chi connectivity index (χ0) is 26.5. The van der Waals surface area contributed by atoms with Gasteiger partial charge in [0.2, 0.25) is 0 Å². The molecule has 3 fully saturated rings. The topological polar surface area (TPSA) is 52.5 Å². The van der Waals surface area contributed by atoms with Crippen molar-refractivity contribution in [2.75, 3.05) is 13.1 Å². The van der Waals surface area contributed by atoms with Gasteiger partial charge in [-0.05, 0) is 113 Å². The average molecular weight is 516 g/mol. The summed E-state index contributed by atoms with van der Waals surface area (Å²) < 4.78 is 0. The van der Waals surface area contributed by atoms with Crippen molar-refractivity contribution in [1.82, 2.24) is 5.32 Å². The van der Waals surface area contributed by atoms with Gasteiger partial charge in [-0.1, -0.05) is 83.3 Å². The zero-order valence-corrected chi connectivity index (χ0v) is 25.0. The van der Waals surface area contributed by atoms with Crippen LogP contribution >= 0.6 is 0 Å². The highest BCUT2D eigenvalue weighted by molar-refractivity contribution is 5.26. The maximum atomic E-state index is 11.3. The van der Waals surface area contributed by atoms with Crippen LogP contribution in [0.25, 0.3) is 0 Å². The standard InChI is InChI=1S/C34H61NO2/c1-5-6-7-8-9-10-11-12-13-14-23-35-25-34-22-20-29-28(30(34)17-18-31(34)32(2,3)37)16-15-26-24-27(36)19-21-33(26,29)4/h15,27-31,35-37H,5-14,16-25H2,1-4H3/t27-,28+,29-,30-,31+,33-,34+/m0/s1. The molecule has 0 aromatic carbocycles. The molecule has 4 aliphatic carbocycles. The summed E-state index contributed by atoms with van der Waals surface area (Å²) in [6.07, 6.45) is 25.6. The Morgan fingerprint density at radius 3 is 2.24 bits per heavy atom. The van der Waals surface area contributed by atoms with Crippen molar-refractivity contribution in [3.63, 3.8) is 0 Å². The van der Waals surface area contributed by atoms with Gasteiger partial charge in [0.05, 0.1) is 11.7 Å². The van der Waals surface area contributed by atoms with Crippen LogP contribution in [0.1, 0.15) is 143 Å². The number of hydrogen-bond donors (Lipinski definition) is 3. The van der Waals surface area contributed by atoms with Crippen LogP contribution in [0.15, 0.2) is 11.6 Å². The summed E-state index contributed by atoms with van der Waals surface area (Å²) in [6.45, 7) is 11.2. The van der Waals surface area contributed by atoms with E-state index in [-0.39, 0.29) is 11.5 Å². The molecule has 0 heterocycles. The van der Waals surface area contributed by atoms with E-state index in [1.165, 1.54) is 96.3 Å². The first-order valence-electron chi connectivity index (χ1n) is 16.5. The van der Waals surface area contributed by atoms with Crippen molar-refractivity contribution in [3.05, 3.63) is 11.6 Å². The van der Waals surface area contributed by atoms with Crippen LogP contribution < -0.4 is 5.32 Å². The molecule has 0 aromatic rings. The predicted molar refractivity (Wildman–Crippen MR) is 157 cm³/mol. The molecule has 0 aliphatic heterocycles. The second-order valence-corrected chi connectivity index (χ2v) is 14.6. The Hall–Kier alpha value is -0.380. The second kappa shape index (κ2) is 12.9. The quantitative estimate of drug-likeness (QED) is 0.161. The molecular weight excluding hydrogens is 454 g/mol. The van der Waals surface area contributed by atoms with Crippen LogP contribution in [0.2, 0.25) is 0 Å². The molecule has 7 atom stereocenters. The van der Waals surface area contributed by atoms with Gasteiger partial charge in [-0.15, -0.1) is 0 Å². The van der Waals surface area contributed by atoms with Gasteiger partial charge in [0.15, 0.2) is 0 Å². The minimum absolute atomic E-state index is 0.125. The van der Waals surface area contributed by atoms with Crippen molar-refractivity contribution < 1.29 is 10.2 Å². The fourth-order valence-corrected chi connectivity index (χ4v) is 9.91. The number of aliphatic hydroxyl groups is 2. The summed E-state index contributed by atoms with van der Waals surface area (Å²) in [7, 11) is 0. The van der Waals surface area contributed by atoms with E-state index in [9.17, 15) is 10.2 Å². The van der Waals surface area contributed by atoms with Gasteiger partial charge in [0.1, 0.15) is 0 Å². The number of nitrogens with one attached hydrogen (secondary N) is 1. The minimum Gasteiger partial charge on any atom is -0.393 e. The van der Waals surface area contributed by atoms with Crippen LogP contribution in [-0.4, -0.2) is 35.0 Å². The average Bonchev–Trinajstić information content (AvgIpc) is 3.25. The molecule has 3 saturated carbocycles. The largest absolute Gasteiger partial charge is 0.393 e. The lowest BCUT2D eigenvalue weighted by molar-refractivity contribution is -0.102. The van der Waals surface area contributed by atoms with Crippen molar-refractivity contribution in [2.45, 2.75) is 155 Å². The van der Waals surface area contributed by atoms with E-state index in [0.29, 0.717) is 11.3 Å². The highest BCUT2D eigenvalue weighted by Gasteiger charge is 2.62. The fraction of sp³-hybridized carbons (Fsp3) is 0.941. The van der Waals surface area contributed by atoms with Crippen LogP contribution in [-0.2, 0) is 0 Å². The van der Waals surface area contributed by atoms with Crippen LogP contribution in [0.5, 0.6) is 0 Å². The van der Waals surface area contributed by atoms with Crippen molar-refractivity contribution in [2.24, 2.45) is 34.5 Å². The lowest BCUT2D eigenvalue weighted by Crippen LogP contribution is -2.56. The van der Waals surface area contributed by atoms with E-state index < -0.39 is 5.60 Å². The molecular formula is C34H61NO2. The molecule has 0 bridgehead atoms. The van der Waals surface area contributed by atoms with Crippen molar-refractivity contribution >= 4 is 0 Å². The molecule has 0 aromatic heterocycles. The van der Waals surface area contributed by atoms with E-state index >= 15 is 0 Å². The van der Waals surface area contributed by atoms with Gasteiger partial charge < -0.3 is 15.5 Å². The number of hydrogen-bond acceptors (Lipinski definition) is 3. The summed E-state index contributed by atoms with van der Waals surface area (Å²) >= 11 is 0. The van der Waals surface area contributed by atoms with Gasteiger partial charge >= 0.3 is 0 Å². The van der Waals surface area contributed by atoms with Crippen LogP contribution in [0.3, 0.4) is 0 Å². The van der Waals surface area contributed by atoms with Crippen molar-refractivity contribution in [1.29, 1.82) is 0 Å². The molecule has 214 valence electrons. The molecule has 3 heteroatoms. The fourth-order valence-electron chi connectivity index (χ4n) is 9.91.